The van der Waals surface area contributed by atoms with Crippen LogP contribution in [0.1, 0.15) is 5.56 Å². The zero-order valence-corrected chi connectivity index (χ0v) is 22.5. The van der Waals surface area contributed by atoms with Crippen LogP contribution in [-0.4, -0.2) is 98.0 Å². The topological polar surface area (TPSA) is 145 Å². The standard InChI is InChI=1S/C26H29N9O4S/c36-25(29-19-2-1-5-27-15-19)35(39-26(37)34-8-12-40-13-9-34)22-16-28-32-23(22)24-30-20-4-3-18(14-21(20)31-24)17-33-6-10-38-11-7-33/h1-5,14-16H,6-13,17H2,(H,28,32)(H,29,36)(H,30,31). The molecule has 2 aliphatic rings. The minimum absolute atomic E-state index is 0.230. The van der Waals surface area contributed by atoms with Gasteiger partial charge in [0.15, 0.2) is 11.5 Å². The third-order valence-electron chi connectivity index (χ3n) is 6.66. The first-order valence-electron chi connectivity index (χ1n) is 13.0. The summed E-state index contributed by atoms with van der Waals surface area (Å²) in [6.07, 6.45) is 3.98. The lowest BCUT2D eigenvalue weighted by Crippen LogP contribution is -2.44. The lowest BCUT2D eigenvalue weighted by molar-refractivity contribution is 0.0342. The molecule has 0 saturated carbocycles. The summed E-state index contributed by atoms with van der Waals surface area (Å²) in [5, 5.41) is 10.8. The second-order valence-electron chi connectivity index (χ2n) is 9.37. The first-order valence-corrected chi connectivity index (χ1v) is 14.2. The molecule has 0 spiro atoms. The van der Waals surface area contributed by atoms with Crippen molar-refractivity contribution < 1.29 is 19.2 Å². The molecule has 2 aliphatic heterocycles. The Balaban J connectivity index is 1.28. The molecule has 3 amide bonds. The van der Waals surface area contributed by atoms with Gasteiger partial charge in [0.25, 0.3) is 0 Å². The fraction of sp³-hybridized carbons (Fsp3) is 0.346. The Kier molecular flexibility index (Phi) is 7.79. The molecule has 3 aromatic heterocycles. The van der Waals surface area contributed by atoms with E-state index in [0.717, 1.165) is 66.0 Å². The van der Waals surface area contributed by atoms with Crippen LogP contribution in [0.15, 0.2) is 48.9 Å². The van der Waals surface area contributed by atoms with E-state index in [2.05, 4.69) is 36.4 Å². The molecule has 208 valence electrons. The summed E-state index contributed by atoms with van der Waals surface area (Å²) in [6.45, 7) is 5.15. The Morgan fingerprint density at radius 1 is 1.15 bits per heavy atom. The van der Waals surface area contributed by atoms with Gasteiger partial charge in [-0.15, -0.1) is 5.06 Å². The predicted octanol–water partition coefficient (Wildman–Crippen LogP) is 3.32. The zero-order chi connectivity index (χ0) is 27.3. The number of aromatic nitrogens is 5. The number of imidazole rings is 1. The number of nitrogens with zero attached hydrogens (tertiary/aromatic N) is 6. The van der Waals surface area contributed by atoms with Gasteiger partial charge in [0.05, 0.1) is 36.1 Å². The smallest absolute Gasteiger partial charge is 0.379 e. The third kappa shape index (κ3) is 5.88. The summed E-state index contributed by atoms with van der Waals surface area (Å²) in [7, 11) is 0. The first kappa shape index (κ1) is 26.1. The van der Waals surface area contributed by atoms with Gasteiger partial charge in [0, 0.05) is 56.6 Å². The number of aromatic amines is 2. The Morgan fingerprint density at radius 3 is 2.80 bits per heavy atom. The van der Waals surface area contributed by atoms with Crippen LogP contribution < -0.4 is 10.4 Å². The minimum atomic E-state index is -0.681. The van der Waals surface area contributed by atoms with E-state index in [0.29, 0.717) is 30.3 Å². The van der Waals surface area contributed by atoms with E-state index in [1.54, 1.807) is 35.0 Å². The van der Waals surface area contributed by atoms with Crippen molar-refractivity contribution in [2.24, 2.45) is 0 Å². The van der Waals surface area contributed by atoms with Crippen molar-refractivity contribution in [1.82, 2.24) is 34.9 Å². The van der Waals surface area contributed by atoms with E-state index in [-0.39, 0.29) is 5.69 Å². The lowest BCUT2D eigenvalue weighted by Gasteiger charge is -2.28. The molecule has 4 aromatic rings. The van der Waals surface area contributed by atoms with Crippen molar-refractivity contribution in [2.75, 3.05) is 61.3 Å². The number of carbonyl (C=O) groups is 2. The zero-order valence-electron chi connectivity index (χ0n) is 21.7. The van der Waals surface area contributed by atoms with E-state index in [1.165, 1.54) is 12.4 Å². The number of hydroxylamine groups is 1. The van der Waals surface area contributed by atoms with Crippen LogP contribution in [0, 0.1) is 0 Å². The van der Waals surface area contributed by atoms with Crippen molar-refractivity contribution >= 4 is 46.3 Å². The van der Waals surface area contributed by atoms with Gasteiger partial charge in [-0.1, -0.05) is 6.07 Å². The molecule has 40 heavy (non-hydrogen) atoms. The first-order chi connectivity index (χ1) is 19.6. The number of rotatable bonds is 5. The maximum atomic E-state index is 13.4. The van der Waals surface area contributed by atoms with E-state index in [4.69, 9.17) is 14.6 Å². The van der Waals surface area contributed by atoms with Gasteiger partial charge < -0.3 is 24.8 Å². The van der Waals surface area contributed by atoms with Gasteiger partial charge >= 0.3 is 12.1 Å². The maximum Gasteiger partial charge on any atom is 0.434 e. The molecule has 13 nitrogen and oxygen atoms in total. The summed E-state index contributed by atoms with van der Waals surface area (Å²) in [5.41, 5.74) is 3.74. The van der Waals surface area contributed by atoms with Crippen LogP contribution in [0.5, 0.6) is 0 Å². The van der Waals surface area contributed by atoms with Gasteiger partial charge in [-0.3, -0.25) is 15.0 Å². The number of morpholine rings is 1. The second kappa shape index (κ2) is 11.9. The number of hydrogen-bond donors (Lipinski definition) is 3. The van der Waals surface area contributed by atoms with Gasteiger partial charge in [0.2, 0.25) is 0 Å². The van der Waals surface area contributed by atoms with Crippen molar-refractivity contribution in [3.63, 3.8) is 0 Å². The highest BCUT2D eigenvalue weighted by molar-refractivity contribution is 7.99. The van der Waals surface area contributed by atoms with E-state index in [9.17, 15) is 9.59 Å². The highest BCUT2D eigenvalue weighted by Gasteiger charge is 2.30. The van der Waals surface area contributed by atoms with Crippen LogP contribution in [0.3, 0.4) is 0 Å². The number of thioether (sulfide) groups is 1. The summed E-state index contributed by atoms with van der Waals surface area (Å²) in [4.78, 5) is 48.1. The Labute approximate surface area is 234 Å². The fourth-order valence-electron chi connectivity index (χ4n) is 4.58. The molecule has 6 rings (SSSR count). The van der Waals surface area contributed by atoms with Gasteiger partial charge in [0.1, 0.15) is 5.69 Å². The van der Waals surface area contributed by atoms with Crippen molar-refractivity contribution in [3.8, 4) is 11.5 Å². The Hall–Kier alpha value is -4.14. The third-order valence-corrected chi connectivity index (χ3v) is 7.60. The largest absolute Gasteiger partial charge is 0.434 e. The van der Waals surface area contributed by atoms with Gasteiger partial charge in [-0.25, -0.2) is 14.6 Å². The molecule has 0 unspecified atom stereocenters. The van der Waals surface area contributed by atoms with E-state index in [1.807, 2.05) is 12.1 Å². The van der Waals surface area contributed by atoms with Crippen LogP contribution in [0.2, 0.25) is 0 Å². The molecule has 5 heterocycles. The van der Waals surface area contributed by atoms with Crippen molar-refractivity contribution in [3.05, 3.63) is 54.5 Å². The number of amides is 3. The molecule has 0 bridgehead atoms. The highest BCUT2D eigenvalue weighted by atomic mass is 32.2. The van der Waals surface area contributed by atoms with Crippen LogP contribution in [0.4, 0.5) is 21.0 Å². The maximum absolute atomic E-state index is 13.4. The molecular weight excluding hydrogens is 534 g/mol. The molecule has 3 N–H and O–H groups in total. The molecule has 0 aliphatic carbocycles. The Bertz CT molecular complexity index is 1470. The highest BCUT2D eigenvalue weighted by Crippen LogP contribution is 2.30. The molecule has 2 fully saturated rings. The lowest BCUT2D eigenvalue weighted by atomic mass is 10.2. The minimum Gasteiger partial charge on any atom is -0.379 e. The number of urea groups is 1. The van der Waals surface area contributed by atoms with Crippen molar-refractivity contribution in [2.45, 2.75) is 6.54 Å². The number of H-pyrrole nitrogens is 2. The van der Waals surface area contributed by atoms with Crippen LogP contribution in [0.25, 0.3) is 22.6 Å². The van der Waals surface area contributed by atoms with E-state index < -0.39 is 12.1 Å². The normalized spacial score (nSPS) is 16.1. The fourth-order valence-corrected chi connectivity index (χ4v) is 5.49. The van der Waals surface area contributed by atoms with Crippen molar-refractivity contribution in [1.29, 1.82) is 0 Å². The summed E-state index contributed by atoms with van der Waals surface area (Å²) in [5.74, 6) is 2.04. The van der Waals surface area contributed by atoms with Crippen LogP contribution >= 0.6 is 11.8 Å². The van der Waals surface area contributed by atoms with Gasteiger partial charge in [-0.05, 0) is 29.8 Å². The summed E-state index contributed by atoms with van der Waals surface area (Å²) < 4.78 is 5.45. The average Bonchev–Trinajstić information content (AvgIpc) is 3.64. The summed E-state index contributed by atoms with van der Waals surface area (Å²) in [6, 6.07) is 8.80. The molecule has 1 aromatic carbocycles. The Morgan fingerprint density at radius 2 is 2.00 bits per heavy atom. The number of hydrogen-bond acceptors (Lipinski definition) is 9. The molecule has 0 radical (unpaired) electrons. The average molecular weight is 564 g/mol. The summed E-state index contributed by atoms with van der Waals surface area (Å²) >= 11 is 1.77. The number of fused-ring (bicyclic) bond motifs is 1. The van der Waals surface area contributed by atoms with Crippen LogP contribution in [-0.2, 0) is 16.1 Å². The number of ether oxygens (including phenoxy) is 1. The second-order valence-corrected chi connectivity index (χ2v) is 10.6. The number of anilines is 2. The SMILES string of the molecule is O=C(ON(C(=O)Nc1cccnc1)c1c[nH]nc1-c1nc2cc(CN3CCOCC3)ccc2[nH]1)N1CCSCC1. The monoisotopic (exact) mass is 563 g/mol. The predicted molar refractivity (Wildman–Crippen MR) is 151 cm³/mol. The molecule has 2 saturated heterocycles. The number of benzene rings is 1. The molecule has 14 heteroatoms. The quantitative estimate of drug-likeness (QED) is 0.311. The number of carbonyl (C=O) groups excluding carboxylic acids is 2. The number of pyridine rings is 1. The molecule has 0 atom stereocenters. The van der Waals surface area contributed by atoms with E-state index >= 15 is 0 Å². The number of nitrogens with one attached hydrogen (secondary N) is 3. The van der Waals surface area contributed by atoms with Gasteiger partial charge in [-0.2, -0.15) is 16.9 Å². The molecular formula is C26H29N9O4S.